The van der Waals surface area contributed by atoms with Crippen molar-refractivity contribution in [3.05, 3.63) is 0 Å². The third-order valence-corrected chi connectivity index (χ3v) is 2.73. The van der Waals surface area contributed by atoms with E-state index < -0.39 is 6.62 Å². The zero-order valence-corrected chi connectivity index (χ0v) is 7.69. The van der Waals surface area contributed by atoms with Gasteiger partial charge in [0.15, 0.2) is 0 Å². The molecule has 0 aliphatic heterocycles. The molecule has 0 rings (SSSR count). The topological polar surface area (TPSA) is 18.5 Å². The summed E-state index contributed by atoms with van der Waals surface area (Å²) in [7, 11) is 0. The molecule has 0 atom stereocenters. The predicted molar refractivity (Wildman–Crippen MR) is 35.9 cm³/mol. The molecule has 0 unspecified atom stereocenters. The van der Waals surface area contributed by atoms with Crippen molar-refractivity contribution in [1.29, 1.82) is 0 Å². The summed E-state index contributed by atoms with van der Waals surface area (Å²) >= 11 is 2.80. The van der Waals surface area contributed by atoms with Gasteiger partial charge in [0.05, 0.1) is 0 Å². The Morgan fingerprint density at radius 1 is 1.25 bits per heavy atom. The number of rotatable bonds is 4. The van der Waals surface area contributed by atoms with Crippen LogP contribution in [0.3, 0.4) is 0 Å². The van der Waals surface area contributed by atoms with E-state index in [1.165, 1.54) is 0 Å². The van der Waals surface area contributed by atoms with Gasteiger partial charge in [0.2, 0.25) is 0 Å². The van der Waals surface area contributed by atoms with Crippen molar-refractivity contribution in [2.24, 2.45) is 0 Å². The van der Waals surface area contributed by atoms with Gasteiger partial charge in [0, 0.05) is 0 Å². The second-order valence-electron chi connectivity index (χ2n) is 1.06. The first-order chi connectivity index (χ1) is 3.81. The normalized spacial score (nSPS) is 9.25. The van der Waals surface area contributed by atoms with Crippen molar-refractivity contribution in [2.45, 2.75) is 13.8 Å². The zero-order valence-electron chi connectivity index (χ0n) is 5.09. The second-order valence-corrected chi connectivity index (χ2v) is 3.90. The van der Waals surface area contributed by atoms with Gasteiger partial charge >= 0.3 is 57.8 Å². The van der Waals surface area contributed by atoms with Crippen LogP contribution in [0.25, 0.3) is 0 Å². The van der Waals surface area contributed by atoms with Crippen LogP contribution in [0, 0.1) is 0 Å². The summed E-state index contributed by atoms with van der Waals surface area (Å²) in [4.78, 5) is 0. The first-order valence-electron chi connectivity index (χ1n) is 2.54. The molecule has 0 fully saturated rings. The Hall–Kier alpha value is 0.739. The summed E-state index contributed by atoms with van der Waals surface area (Å²) in [6.07, 6.45) is 0. The number of hydrogen-bond acceptors (Lipinski definition) is 2. The van der Waals surface area contributed by atoms with Gasteiger partial charge in [0.25, 0.3) is 0 Å². The van der Waals surface area contributed by atoms with E-state index in [0.29, 0.717) is 0 Å². The van der Waals surface area contributed by atoms with E-state index in [2.05, 4.69) is 15.1 Å². The standard InChI is InChI=1S/C4H10O2PSe/c1-3-5-7(8)6-4-2/h3-4H2,1-2H3/q+1. The van der Waals surface area contributed by atoms with Crippen LogP contribution < -0.4 is 0 Å². The van der Waals surface area contributed by atoms with E-state index in [-0.39, 0.29) is 0 Å². The Labute approximate surface area is 58.4 Å². The van der Waals surface area contributed by atoms with E-state index in [0.717, 1.165) is 13.2 Å². The maximum absolute atomic E-state index is 5.07. The van der Waals surface area contributed by atoms with Gasteiger partial charge in [-0.1, -0.05) is 0 Å². The van der Waals surface area contributed by atoms with Crippen LogP contribution in [0.5, 0.6) is 0 Å². The van der Waals surface area contributed by atoms with Gasteiger partial charge in [-0.25, -0.2) is 0 Å². The monoisotopic (exact) mass is 201 g/mol. The SMILES string of the molecule is CCO[P+](=[Se])OCC. The van der Waals surface area contributed by atoms with Crippen LogP contribution in [-0.4, -0.2) is 28.3 Å². The van der Waals surface area contributed by atoms with Crippen LogP contribution in [0.4, 0.5) is 0 Å². The van der Waals surface area contributed by atoms with Crippen molar-refractivity contribution in [3.63, 3.8) is 0 Å². The zero-order chi connectivity index (χ0) is 6.41. The van der Waals surface area contributed by atoms with Crippen molar-refractivity contribution in [2.75, 3.05) is 13.2 Å². The van der Waals surface area contributed by atoms with Crippen LogP contribution >= 0.6 is 6.62 Å². The molecule has 0 spiro atoms. The summed E-state index contributed by atoms with van der Waals surface area (Å²) in [5.41, 5.74) is 0. The fraction of sp³-hybridized carbons (Fsp3) is 1.00. The molecule has 0 aliphatic rings. The molecule has 0 bridgehead atoms. The summed E-state index contributed by atoms with van der Waals surface area (Å²) in [5, 5.41) is 0. The van der Waals surface area contributed by atoms with Gasteiger partial charge in [-0.3, -0.25) is 0 Å². The van der Waals surface area contributed by atoms with Crippen LogP contribution in [0.1, 0.15) is 13.8 Å². The molecule has 0 aromatic rings. The second kappa shape index (κ2) is 5.87. The van der Waals surface area contributed by atoms with Gasteiger partial charge < -0.3 is 0 Å². The van der Waals surface area contributed by atoms with E-state index >= 15 is 0 Å². The Morgan fingerprint density at radius 2 is 1.62 bits per heavy atom. The van der Waals surface area contributed by atoms with E-state index in [1.54, 1.807) is 0 Å². The Bertz CT molecular complexity index is 68.4. The van der Waals surface area contributed by atoms with Crippen LogP contribution in [0.2, 0.25) is 0 Å². The molecule has 0 saturated heterocycles. The molecule has 8 heavy (non-hydrogen) atoms. The average Bonchev–Trinajstić information content (AvgIpc) is 1.68. The molecule has 2 nitrogen and oxygen atoms in total. The fourth-order valence-electron chi connectivity index (χ4n) is 0.248. The minimum absolute atomic E-state index is 0.706. The van der Waals surface area contributed by atoms with E-state index in [1.807, 2.05) is 13.8 Å². The third kappa shape index (κ3) is 4.89. The van der Waals surface area contributed by atoms with Crippen molar-refractivity contribution < 1.29 is 9.05 Å². The molecule has 0 N–H and O–H groups in total. The van der Waals surface area contributed by atoms with Crippen molar-refractivity contribution in [1.82, 2.24) is 0 Å². The molecule has 0 aliphatic carbocycles. The van der Waals surface area contributed by atoms with E-state index in [4.69, 9.17) is 9.05 Å². The van der Waals surface area contributed by atoms with Gasteiger partial charge in [0.1, 0.15) is 0 Å². The Balaban J connectivity index is 3.06. The van der Waals surface area contributed by atoms with Crippen LogP contribution in [0.15, 0.2) is 0 Å². The molecular weight excluding hydrogens is 190 g/mol. The third-order valence-electron chi connectivity index (χ3n) is 0.469. The first kappa shape index (κ1) is 8.74. The maximum atomic E-state index is 5.07. The molecule has 4 heteroatoms. The van der Waals surface area contributed by atoms with Gasteiger partial charge in [-0.15, -0.1) is 0 Å². The Morgan fingerprint density at radius 3 is 1.88 bits per heavy atom. The summed E-state index contributed by atoms with van der Waals surface area (Å²) in [6.45, 7) is 4.64. The summed E-state index contributed by atoms with van der Waals surface area (Å²) < 4.78 is 10.1. The molecular formula is C4H10O2PSe+. The molecule has 0 amide bonds. The number of hydrogen-bond donors (Lipinski definition) is 0. The van der Waals surface area contributed by atoms with Crippen LogP contribution in [-0.2, 0) is 9.05 Å². The summed E-state index contributed by atoms with van der Waals surface area (Å²) in [6, 6.07) is 0. The first-order valence-corrected chi connectivity index (χ1v) is 5.93. The molecule has 0 saturated carbocycles. The fourth-order valence-corrected chi connectivity index (χ4v) is 2.07. The van der Waals surface area contributed by atoms with Crippen molar-refractivity contribution >= 4 is 21.7 Å². The minimum atomic E-state index is -0.706. The molecule has 0 aromatic carbocycles. The molecule has 0 aromatic heterocycles. The molecule has 48 valence electrons. The van der Waals surface area contributed by atoms with E-state index in [9.17, 15) is 0 Å². The Kier molecular flexibility index (Phi) is 6.41. The van der Waals surface area contributed by atoms with Gasteiger partial charge in [-0.2, -0.15) is 0 Å². The van der Waals surface area contributed by atoms with Crippen molar-refractivity contribution in [3.8, 4) is 0 Å². The molecule has 0 heterocycles. The predicted octanol–water partition coefficient (Wildman–Crippen LogP) is 1.45. The van der Waals surface area contributed by atoms with Gasteiger partial charge in [-0.05, 0) is 0 Å². The summed E-state index contributed by atoms with van der Waals surface area (Å²) in [5.74, 6) is 0. The molecule has 0 radical (unpaired) electrons. The average molecular weight is 200 g/mol. The quantitative estimate of drug-likeness (QED) is 0.505.